The molecule has 2 aliphatic rings. The van der Waals surface area contributed by atoms with Crippen LogP contribution in [-0.2, 0) is 23.9 Å². The number of esters is 2. The van der Waals surface area contributed by atoms with Gasteiger partial charge in [0.05, 0.1) is 25.0 Å². The largest absolute Gasteiger partial charge is 0.466 e. The van der Waals surface area contributed by atoms with Gasteiger partial charge in [-0.2, -0.15) is 0 Å². The molecule has 30 heavy (non-hydrogen) atoms. The second kappa shape index (κ2) is 8.88. The van der Waals surface area contributed by atoms with Crippen molar-refractivity contribution in [3.8, 4) is 0 Å². The van der Waals surface area contributed by atoms with E-state index >= 15 is 0 Å². The Bertz CT molecular complexity index is 878. The lowest BCUT2D eigenvalue weighted by Crippen LogP contribution is -2.52. The molecule has 0 spiro atoms. The zero-order chi connectivity index (χ0) is 22.1. The maximum atomic E-state index is 13.3. The van der Waals surface area contributed by atoms with Crippen LogP contribution in [0.4, 0.5) is 0 Å². The summed E-state index contributed by atoms with van der Waals surface area (Å²) >= 11 is 6.51. The van der Waals surface area contributed by atoms with Crippen molar-refractivity contribution in [3.63, 3.8) is 0 Å². The summed E-state index contributed by atoms with van der Waals surface area (Å²) < 4.78 is 10.6. The molecule has 4 atom stereocenters. The maximum Gasteiger partial charge on any atom is 0.331 e. The van der Waals surface area contributed by atoms with Gasteiger partial charge in [-0.05, 0) is 37.3 Å². The molecule has 1 aliphatic carbocycles. The smallest absolute Gasteiger partial charge is 0.331 e. The molecule has 4 unspecified atom stereocenters. The van der Waals surface area contributed by atoms with E-state index in [1.54, 1.807) is 32.0 Å². The Morgan fingerprint density at radius 2 is 1.73 bits per heavy atom. The number of carbonyl (C=O) groups excluding carboxylic acids is 3. The van der Waals surface area contributed by atoms with Crippen molar-refractivity contribution < 1.29 is 23.9 Å². The minimum atomic E-state index is -1.07. The number of nitrogens with zero attached hydrogens (tertiary/aromatic N) is 1. The van der Waals surface area contributed by atoms with Gasteiger partial charge in [-0.15, -0.1) is 0 Å². The Balaban J connectivity index is 2.22. The molecule has 6 nitrogen and oxygen atoms in total. The number of fused-ring (bicyclic) bond motifs is 1. The number of benzene rings is 1. The van der Waals surface area contributed by atoms with Gasteiger partial charge in [0, 0.05) is 23.1 Å². The fourth-order valence-corrected chi connectivity index (χ4v) is 4.95. The van der Waals surface area contributed by atoms with Gasteiger partial charge in [-0.25, -0.2) is 4.79 Å². The summed E-state index contributed by atoms with van der Waals surface area (Å²) in [6, 6.07) is 6.06. The van der Waals surface area contributed by atoms with Crippen LogP contribution in [-0.4, -0.2) is 42.7 Å². The number of hydrogen-bond donors (Lipinski definition) is 0. The van der Waals surface area contributed by atoms with Crippen LogP contribution in [0.15, 0.2) is 29.3 Å². The van der Waals surface area contributed by atoms with Crippen molar-refractivity contribution in [1.29, 1.82) is 0 Å². The first-order chi connectivity index (χ1) is 14.2. The van der Waals surface area contributed by atoms with Crippen LogP contribution in [0.5, 0.6) is 0 Å². The molecule has 1 aromatic rings. The average molecular weight is 434 g/mol. The van der Waals surface area contributed by atoms with Crippen molar-refractivity contribution >= 4 is 35.0 Å². The lowest BCUT2D eigenvalue weighted by atomic mass is 9.61. The molecule has 0 amide bonds. The van der Waals surface area contributed by atoms with E-state index in [-0.39, 0.29) is 24.4 Å². The van der Waals surface area contributed by atoms with Gasteiger partial charge < -0.3 is 9.47 Å². The Hall–Kier alpha value is -2.21. The molecule has 1 fully saturated rings. The van der Waals surface area contributed by atoms with Crippen LogP contribution in [0.3, 0.4) is 0 Å². The average Bonchev–Trinajstić information content (AvgIpc) is 2.66. The fraction of sp³-hybridized carbons (Fsp3) is 0.565. The standard InChI is InChI=1S/C23H28ClNO5/c1-5-29-21(27)19-17(13-9-7-8-10-14(13)24)18-15(11-23(3,4)12-16(18)26)25-20(19)22(28)30-6-2/h7-10,17-20H,5-6,11-12H2,1-4H3. The zero-order valence-corrected chi connectivity index (χ0v) is 18.6. The molecular weight excluding hydrogens is 406 g/mol. The molecule has 162 valence electrons. The van der Waals surface area contributed by atoms with E-state index in [0.717, 1.165) is 0 Å². The minimum absolute atomic E-state index is 0.00604. The summed E-state index contributed by atoms with van der Waals surface area (Å²) in [5.41, 5.74) is 1.02. The van der Waals surface area contributed by atoms with Gasteiger partial charge in [0.2, 0.25) is 0 Å². The first-order valence-corrected chi connectivity index (χ1v) is 10.7. The monoisotopic (exact) mass is 433 g/mol. The summed E-state index contributed by atoms with van der Waals surface area (Å²) in [7, 11) is 0. The number of carbonyl (C=O) groups is 3. The number of rotatable bonds is 5. The third kappa shape index (κ3) is 4.29. The molecule has 1 aliphatic heterocycles. The van der Waals surface area contributed by atoms with Crippen LogP contribution in [0, 0.1) is 17.3 Å². The zero-order valence-electron chi connectivity index (χ0n) is 17.8. The molecular formula is C23H28ClNO5. The summed E-state index contributed by atoms with van der Waals surface area (Å²) in [5.74, 6) is -3.38. The number of ketones is 1. The molecule has 0 bridgehead atoms. The normalized spacial score (nSPS) is 27.6. The Labute approximate surface area is 182 Å². The third-order valence-electron chi connectivity index (χ3n) is 5.76. The van der Waals surface area contributed by atoms with Gasteiger partial charge in [-0.1, -0.05) is 43.6 Å². The van der Waals surface area contributed by atoms with E-state index < -0.39 is 35.7 Å². The molecule has 0 N–H and O–H groups in total. The van der Waals surface area contributed by atoms with E-state index in [2.05, 4.69) is 4.99 Å². The lowest BCUT2D eigenvalue weighted by Gasteiger charge is -2.44. The Kier molecular flexibility index (Phi) is 6.65. The van der Waals surface area contributed by atoms with Crippen LogP contribution >= 0.6 is 11.6 Å². The highest BCUT2D eigenvalue weighted by molar-refractivity contribution is 6.31. The Morgan fingerprint density at radius 3 is 2.37 bits per heavy atom. The number of halogens is 1. The van der Waals surface area contributed by atoms with Crippen LogP contribution in [0.25, 0.3) is 0 Å². The quantitative estimate of drug-likeness (QED) is 0.655. The molecule has 0 radical (unpaired) electrons. The molecule has 0 saturated heterocycles. The van der Waals surface area contributed by atoms with Crippen LogP contribution in [0.1, 0.15) is 52.0 Å². The second-order valence-electron chi connectivity index (χ2n) is 8.60. The van der Waals surface area contributed by atoms with E-state index in [1.165, 1.54) is 0 Å². The molecule has 7 heteroatoms. The van der Waals surface area contributed by atoms with Gasteiger partial charge in [0.15, 0.2) is 6.04 Å². The maximum absolute atomic E-state index is 13.3. The first-order valence-electron chi connectivity index (χ1n) is 10.4. The number of aliphatic imine (C=N–C) groups is 1. The van der Waals surface area contributed by atoms with Gasteiger partial charge >= 0.3 is 11.9 Å². The van der Waals surface area contributed by atoms with E-state index in [9.17, 15) is 14.4 Å². The number of ether oxygens (including phenoxy) is 2. The highest BCUT2D eigenvalue weighted by Crippen LogP contribution is 2.49. The topological polar surface area (TPSA) is 82.0 Å². The third-order valence-corrected chi connectivity index (χ3v) is 6.10. The van der Waals surface area contributed by atoms with Gasteiger partial charge in [0.1, 0.15) is 5.78 Å². The number of hydrogen-bond acceptors (Lipinski definition) is 6. The molecule has 1 saturated carbocycles. The lowest BCUT2D eigenvalue weighted by molar-refractivity contribution is -0.158. The predicted molar refractivity (Wildman–Crippen MR) is 114 cm³/mol. The van der Waals surface area contributed by atoms with Gasteiger partial charge in [-0.3, -0.25) is 14.6 Å². The Morgan fingerprint density at radius 1 is 1.10 bits per heavy atom. The van der Waals surface area contributed by atoms with E-state index in [4.69, 9.17) is 21.1 Å². The summed E-state index contributed by atoms with van der Waals surface area (Å²) in [6.07, 6.45) is 0.938. The van der Waals surface area contributed by atoms with Crippen LogP contribution in [0.2, 0.25) is 5.02 Å². The van der Waals surface area contributed by atoms with Crippen molar-refractivity contribution in [3.05, 3.63) is 34.9 Å². The number of Topliss-reactive ketones (excluding diaryl/α,β-unsaturated/α-hetero) is 1. The highest BCUT2D eigenvalue weighted by Gasteiger charge is 2.54. The predicted octanol–water partition coefficient (Wildman–Crippen LogP) is 3.99. The first kappa shape index (κ1) is 22.5. The SMILES string of the molecule is CCOC(=O)C1N=C2CC(C)(C)CC(=O)C2C(c2ccccc2Cl)C1C(=O)OCC. The highest BCUT2D eigenvalue weighted by atomic mass is 35.5. The minimum Gasteiger partial charge on any atom is -0.466 e. The van der Waals surface area contributed by atoms with Gasteiger partial charge in [0.25, 0.3) is 0 Å². The summed E-state index contributed by atoms with van der Waals surface area (Å²) in [4.78, 5) is 43.8. The van der Waals surface area contributed by atoms with E-state index in [0.29, 0.717) is 29.1 Å². The van der Waals surface area contributed by atoms with Crippen molar-refractivity contribution in [1.82, 2.24) is 0 Å². The second-order valence-corrected chi connectivity index (χ2v) is 9.01. The van der Waals surface area contributed by atoms with Crippen molar-refractivity contribution in [2.45, 2.75) is 52.5 Å². The molecule has 1 aromatic carbocycles. The van der Waals surface area contributed by atoms with Crippen molar-refractivity contribution in [2.24, 2.45) is 22.2 Å². The summed E-state index contributed by atoms with van der Waals surface area (Å²) in [6.45, 7) is 7.74. The summed E-state index contributed by atoms with van der Waals surface area (Å²) in [5, 5.41) is 0.443. The fourth-order valence-electron chi connectivity index (χ4n) is 4.69. The molecule has 3 rings (SSSR count). The van der Waals surface area contributed by atoms with Crippen molar-refractivity contribution in [2.75, 3.05) is 13.2 Å². The van der Waals surface area contributed by atoms with E-state index in [1.807, 2.05) is 19.9 Å². The molecule has 1 heterocycles. The molecule has 0 aromatic heterocycles. The van der Waals surface area contributed by atoms with Crippen LogP contribution < -0.4 is 0 Å².